The van der Waals surface area contributed by atoms with Crippen molar-refractivity contribution in [2.45, 2.75) is 85.4 Å². The van der Waals surface area contributed by atoms with Crippen LogP contribution in [0.5, 0.6) is 0 Å². The fraction of sp³-hybridized carbons (Fsp3) is 0.250. The number of sulfonamides is 2. The van der Waals surface area contributed by atoms with Crippen molar-refractivity contribution in [2.24, 2.45) is 0 Å². The number of fused-ring (bicyclic) bond motifs is 6. The first-order chi connectivity index (χ1) is 27.9. The second-order valence-corrected chi connectivity index (χ2v) is 19.4. The lowest BCUT2D eigenvalue weighted by atomic mass is 9.87. The lowest BCUT2D eigenvalue weighted by Crippen LogP contribution is -2.53. The van der Waals surface area contributed by atoms with E-state index in [1.165, 1.54) is 12.1 Å². The summed E-state index contributed by atoms with van der Waals surface area (Å²) in [6, 6.07) is 40.0. The summed E-state index contributed by atoms with van der Waals surface area (Å²) in [5.41, 5.74) is 9.93. The van der Waals surface area contributed by atoms with Crippen molar-refractivity contribution in [3.63, 3.8) is 0 Å². The van der Waals surface area contributed by atoms with Crippen LogP contribution in [0.1, 0.15) is 94.2 Å². The van der Waals surface area contributed by atoms with Gasteiger partial charge in [0.15, 0.2) is 0 Å². The number of rotatable bonds is 10. The Labute approximate surface area is 340 Å². The van der Waals surface area contributed by atoms with E-state index in [-0.39, 0.29) is 20.9 Å². The van der Waals surface area contributed by atoms with Crippen LogP contribution < -0.4 is 9.44 Å². The van der Waals surface area contributed by atoms with Crippen molar-refractivity contribution in [2.75, 3.05) is 0 Å². The number of nitrogens with one attached hydrogen (secondary N) is 2. The molecule has 4 N–H and O–H groups in total. The quantitative estimate of drug-likeness (QED) is 0.110. The molecule has 3 aliphatic rings. The molecule has 296 valence electrons. The second kappa shape index (κ2) is 15.0. The van der Waals surface area contributed by atoms with Crippen molar-refractivity contribution >= 4 is 20.0 Å². The Morgan fingerprint density at radius 3 is 1.12 bits per heavy atom. The second-order valence-electron chi connectivity index (χ2n) is 16.0. The third kappa shape index (κ3) is 6.71. The lowest BCUT2D eigenvalue weighted by molar-refractivity contribution is 0.157. The SMILES string of the molecule is Cc1ccc(S(=O)(=O)N[C@@H]2CCCC[C@H]2NS(=O)(=O)c2ccc(C)cc2C(O)C2c3ccccc3-c3ccccc32)c(C(O)C2c3ccccc3-c3ccccc32)c1. The van der Waals surface area contributed by atoms with E-state index in [1.54, 1.807) is 24.3 Å². The van der Waals surface area contributed by atoms with Gasteiger partial charge in [0.2, 0.25) is 20.0 Å². The highest BCUT2D eigenvalue weighted by Gasteiger charge is 2.40. The Balaban J connectivity index is 1.02. The molecule has 58 heavy (non-hydrogen) atoms. The molecule has 4 atom stereocenters. The fourth-order valence-electron chi connectivity index (χ4n) is 9.65. The highest BCUT2D eigenvalue weighted by molar-refractivity contribution is 7.90. The standard InChI is InChI=1S/C48H46N2O6S2/c1-29-23-25-43(39(27-29)47(51)45-35-17-7-3-13-31(35)32-14-4-8-18-36(32)45)57(53,54)49-41-21-11-12-22-42(41)50-58(55,56)44-26-24-30(2)28-40(44)48(52)46-37-19-9-5-15-33(37)34-16-6-10-20-38(34)46/h3-10,13-20,23-28,41-42,45-52H,11-12,21-22H2,1-2H3/t41-,42-,47?,48?/m1/s1. The molecule has 6 aromatic rings. The summed E-state index contributed by atoms with van der Waals surface area (Å²) in [6.45, 7) is 3.73. The summed E-state index contributed by atoms with van der Waals surface area (Å²) in [4.78, 5) is -0.0820. The van der Waals surface area contributed by atoms with E-state index in [1.807, 2.05) is 111 Å². The van der Waals surface area contributed by atoms with Gasteiger partial charge in [-0.15, -0.1) is 0 Å². The van der Waals surface area contributed by atoms with E-state index < -0.39 is 56.2 Å². The summed E-state index contributed by atoms with van der Waals surface area (Å²) in [7, 11) is -8.54. The maximum atomic E-state index is 14.5. The first kappa shape index (κ1) is 38.6. The van der Waals surface area contributed by atoms with Gasteiger partial charge in [-0.2, -0.15) is 0 Å². The first-order valence-corrected chi connectivity index (χ1v) is 22.9. The minimum atomic E-state index is -4.27. The van der Waals surface area contributed by atoms with E-state index in [0.717, 1.165) is 55.6 Å². The van der Waals surface area contributed by atoms with Crippen LogP contribution in [0.25, 0.3) is 22.3 Å². The van der Waals surface area contributed by atoms with Gasteiger partial charge in [0.05, 0.1) is 22.0 Å². The van der Waals surface area contributed by atoms with Crippen molar-refractivity contribution in [3.8, 4) is 22.3 Å². The maximum absolute atomic E-state index is 14.5. The number of hydrogen-bond acceptors (Lipinski definition) is 6. The molecule has 6 aromatic carbocycles. The van der Waals surface area contributed by atoms with Crippen LogP contribution in [0.2, 0.25) is 0 Å². The highest BCUT2D eigenvalue weighted by atomic mass is 32.2. The minimum absolute atomic E-state index is 0.0410. The van der Waals surface area contributed by atoms with Crippen LogP contribution in [0.15, 0.2) is 143 Å². The summed E-state index contributed by atoms with van der Waals surface area (Å²) in [5.74, 6) is -0.967. The Morgan fingerprint density at radius 2 is 0.793 bits per heavy atom. The molecule has 0 amide bonds. The van der Waals surface area contributed by atoms with Crippen molar-refractivity contribution in [1.82, 2.24) is 9.44 Å². The fourth-order valence-corrected chi connectivity index (χ4v) is 12.7. The number of aliphatic hydroxyl groups excluding tert-OH is 2. The van der Waals surface area contributed by atoms with E-state index in [4.69, 9.17) is 0 Å². The Morgan fingerprint density at radius 1 is 0.483 bits per heavy atom. The molecule has 10 heteroatoms. The average Bonchev–Trinajstić information content (AvgIpc) is 3.74. The Kier molecular flexibility index (Phi) is 9.99. The van der Waals surface area contributed by atoms with Crippen LogP contribution >= 0.6 is 0 Å². The van der Waals surface area contributed by atoms with Gasteiger partial charge in [-0.3, -0.25) is 0 Å². The molecular formula is C48H46N2O6S2. The van der Waals surface area contributed by atoms with Crippen LogP contribution in [0.3, 0.4) is 0 Å². The monoisotopic (exact) mass is 810 g/mol. The molecule has 0 bridgehead atoms. The summed E-state index contributed by atoms with van der Waals surface area (Å²) in [5, 5.41) is 24.4. The maximum Gasteiger partial charge on any atom is 0.241 e. The van der Waals surface area contributed by atoms with Gasteiger partial charge >= 0.3 is 0 Å². The van der Waals surface area contributed by atoms with Gasteiger partial charge in [0, 0.05) is 35.0 Å². The van der Waals surface area contributed by atoms with Crippen molar-refractivity contribution in [3.05, 3.63) is 178 Å². The molecule has 0 spiro atoms. The first-order valence-electron chi connectivity index (χ1n) is 19.9. The highest BCUT2D eigenvalue weighted by Crippen LogP contribution is 2.52. The zero-order valence-corrected chi connectivity index (χ0v) is 34.0. The lowest BCUT2D eigenvalue weighted by Gasteiger charge is -2.33. The van der Waals surface area contributed by atoms with Gasteiger partial charge in [0.1, 0.15) is 0 Å². The average molecular weight is 811 g/mol. The molecule has 0 heterocycles. The molecule has 0 aromatic heterocycles. The van der Waals surface area contributed by atoms with Crippen LogP contribution in [-0.4, -0.2) is 39.1 Å². The van der Waals surface area contributed by atoms with E-state index in [2.05, 4.69) is 9.44 Å². The third-order valence-corrected chi connectivity index (χ3v) is 15.4. The van der Waals surface area contributed by atoms with Crippen LogP contribution in [0, 0.1) is 13.8 Å². The van der Waals surface area contributed by atoms with Crippen LogP contribution in [-0.2, 0) is 20.0 Å². The summed E-state index contributed by atoms with van der Waals surface area (Å²) >= 11 is 0. The predicted octanol–water partition coefficient (Wildman–Crippen LogP) is 8.56. The van der Waals surface area contributed by atoms with Crippen molar-refractivity contribution < 1.29 is 27.0 Å². The number of aryl methyl sites for hydroxylation is 2. The van der Waals surface area contributed by atoms with Gasteiger partial charge in [-0.05, 0) is 83.3 Å². The van der Waals surface area contributed by atoms with Gasteiger partial charge < -0.3 is 10.2 Å². The Bertz CT molecular complexity index is 2500. The minimum Gasteiger partial charge on any atom is -0.387 e. The van der Waals surface area contributed by atoms with Gasteiger partial charge in [-0.25, -0.2) is 26.3 Å². The summed E-state index contributed by atoms with van der Waals surface area (Å²) in [6.07, 6.45) is -0.111. The van der Waals surface area contributed by atoms with E-state index >= 15 is 0 Å². The Hall–Kier alpha value is -4.94. The van der Waals surface area contributed by atoms with Crippen molar-refractivity contribution in [1.29, 1.82) is 0 Å². The molecule has 8 nitrogen and oxygen atoms in total. The zero-order valence-electron chi connectivity index (χ0n) is 32.3. The molecule has 3 aliphatic carbocycles. The molecule has 0 aliphatic heterocycles. The van der Waals surface area contributed by atoms with Gasteiger partial charge in [-0.1, -0.05) is 145 Å². The third-order valence-electron chi connectivity index (χ3n) is 12.3. The van der Waals surface area contributed by atoms with E-state index in [9.17, 15) is 27.0 Å². The molecule has 9 rings (SSSR count). The zero-order chi connectivity index (χ0) is 40.3. The molecule has 0 saturated heterocycles. The predicted molar refractivity (Wildman–Crippen MR) is 226 cm³/mol. The number of aliphatic hydroxyl groups is 2. The number of benzene rings is 6. The largest absolute Gasteiger partial charge is 0.387 e. The molecule has 0 radical (unpaired) electrons. The smallest absolute Gasteiger partial charge is 0.241 e. The molecule has 1 fully saturated rings. The van der Waals surface area contributed by atoms with Gasteiger partial charge in [0.25, 0.3) is 0 Å². The number of hydrogen-bond donors (Lipinski definition) is 4. The topological polar surface area (TPSA) is 133 Å². The molecule has 1 saturated carbocycles. The van der Waals surface area contributed by atoms with E-state index in [0.29, 0.717) is 25.7 Å². The summed E-state index contributed by atoms with van der Waals surface area (Å²) < 4.78 is 63.8. The molecular weight excluding hydrogens is 765 g/mol. The normalized spacial score (nSPS) is 18.9. The van der Waals surface area contributed by atoms with Crippen LogP contribution in [0.4, 0.5) is 0 Å². The molecule has 2 unspecified atom stereocenters.